The zero-order valence-electron chi connectivity index (χ0n) is 19.5. The monoisotopic (exact) mass is 441 g/mol. The Labute approximate surface area is 197 Å². The Morgan fingerprint density at radius 2 is 1.67 bits per heavy atom. The molecular formula is C29H35N3O. The Morgan fingerprint density at radius 1 is 0.939 bits per heavy atom. The molecule has 3 aromatic rings. The molecule has 0 spiro atoms. The van der Waals surface area contributed by atoms with Gasteiger partial charge in [-0.2, -0.15) is 0 Å². The van der Waals surface area contributed by atoms with Crippen LogP contribution in [-0.2, 0) is 11.3 Å². The van der Waals surface area contributed by atoms with Crippen molar-refractivity contribution in [3.63, 3.8) is 0 Å². The summed E-state index contributed by atoms with van der Waals surface area (Å²) in [6.45, 7) is 4.67. The molecule has 4 nitrogen and oxygen atoms in total. The molecule has 1 saturated heterocycles. The highest BCUT2D eigenvalue weighted by Gasteiger charge is 2.29. The Bertz CT molecular complexity index is 1050. The van der Waals surface area contributed by atoms with Crippen LogP contribution in [0.4, 0.5) is 0 Å². The molecule has 0 bridgehead atoms. The van der Waals surface area contributed by atoms with Crippen LogP contribution in [-0.4, -0.2) is 47.9 Å². The van der Waals surface area contributed by atoms with E-state index in [9.17, 15) is 4.79 Å². The van der Waals surface area contributed by atoms with Gasteiger partial charge in [0, 0.05) is 32.1 Å². The fourth-order valence-electron chi connectivity index (χ4n) is 5.21. The second-order valence-corrected chi connectivity index (χ2v) is 9.56. The Hall–Kier alpha value is -2.69. The zero-order chi connectivity index (χ0) is 22.5. The summed E-state index contributed by atoms with van der Waals surface area (Å²) >= 11 is 0. The molecular weight excluding hydrogens is 406 g/mol. The van der Waals surface area contributed by atoms with Gasteiger partial charge in [-0.05, 0) is 60.7 Å². The lowest BCUT2D eigenvalue weighted by molar-refractivity contribution is -0.121. The molecule has 33 heavy (non-hydrogen) atoms. The van der Waals surface area contributed by atoms with E-state index >= 15 is 0 Å². The standard InChI is InChI=1S/C29H35N3O/c33-29(30-21-28(31-18-6-7-19-31)24-10-2-1-3-11-24)17-20-32(26-15-16-26)22-25-13-8-12-23-9-4-5-14-27(23)25/h1-5,8-14,26,28H,6-7,15-22H2,(H,30,33). The van der Waals surface area contributed by atoms with Gasteiger partial charge in [-0.1, -0.05) is 72.8 Å². The second kappa shape index (κ2) is 10.5. The second-order valence-electron chi connectivity index (χ2n) is 9.56. The number of hydrogen-bond acceptors (Lipinski definition) is 3. The minimum absolute atomic E-state index is 0.165. The van der Waals surface area contributed by atoms with E-state index in [0.29, 0.717) is 19.0 Å². The fraction of sp³-hybridized carbons (Fsp3) is 0.414. The molecule has 0 radical (unpaired) electrons. The van der Waals surface area contributed by atoms with Crippen LogP contribution in [0.25, 0.3) is 10.8 Å². The number of fused-ring (bicyclic) bond motifs is 1. The van der Waals surface area contributed by atoms with E-state index in [4.69, 9.17) is 0 Å². The average molecular weight is 442 g/mol. The molecule has 1 unspecified atom stereocenters. The molecule has 4 heteroatoms. The number of rotatable bonds is 10. The van der Waals surface area contributed by atoms with Gasteiger partial charge in [0.25, 0.3) is 0 Å². The molecule has 1 heterocycles. The summed E-state index contributed by atoms with van der Waals surface area (Å²) in [6, 6.07) is 26.7. The van der Waals surface area contributed by atoms with Crippen LogP contribution in [0.2, 0.25) is 0 Å². The Kier molecular flexibility index (Phi) is 7.03. The summed E-state index contributed by atoms with van der Waals surface area (Å²) < 4.78 is 0. The predicted octanol–water partition coefficient (Wildman–Crippen LogP) is 5.15. The van der Waals surface area contributed by atoms with E-state index in [2.05, 4.69) is 87.9 Å². The quantitative estimate of drug-likeness (QED) is 0.473. The molecule has 1 saturated carbocycles. The molecule has 1 aliphatic heterocycles. The number of nitrogens with zero attached hydrogens (tertiary/aromatic N) is 2. The lowest BCUT2D eigenvalue weighted by atomic mass is 10.0. The van der Waals surface area contributed by atoms with Crippen molar-refractivity contribution in [3.8, 4) is 0 Å². The Morgan fingerprint density at radius 3 is 2.45 bits per heavy atom. The third kappa shape index (κ3) is 5.63. The van der Waals surface area contributed by atoms with Gasteiger partial charge in [-0.25, -0.2) is 0 Å². The van der Waals surface area contributed by atoms with Crippen molar-refractivity contribution in [1.82, 2.24) is 15.1 Å². The minimum atomic E-state index is 0.165. The predicted molar refractivity (Wildman–Crippen MR) is 135 cm³/mol. The summed E-state index contributed by atoms with van der Waals surface area (Å²) in [5, 5.41) is 5.87. The van der Waals surface area contributed by atoms with E-state index in [0.717, 1.165) is 26.2 Å². The number of likely N-dealkylation sites (tertiary alicyclic amines) is 1. The summed E-state index contributed by atoms with van der Waals surface area (Å²) in [7, 11) is 0. The largest absolute Gasteiger partial charge is 0.354 e. The van der Waals surface area contributed by atoms with Crippen LogP contribution in [0.3, 0.4) is 0 Å². The first-order chi connectivity index (χ1) is 16.3. The fourth-order valence-corrected chi connectivity index (χ4v) is 5.21. The van der Waals surface area contributed by atoms with Gasteiger partial charge >= 0.3 is 0 Å². The molecule has 1 aliphatic carbocycles. The van der Waals surface area contributed by atoms with E-state index in [1.165, 1.54) is 47.6 Å². The van der Waals surface area contributed by atoms with Crippen molar-refractivity contribution >= 4 is 16.7 Å². The van der Waals surface area contributed by atoms with Gasteiger partial charge in [0.2, 0.25) is 5.91 Å². The van der Waals surface area contributed by atoms with Crippen molar-refractivity contribution in [3.05, 3.63) is 83.9 Å². The number of carbonyl (C=O) groups excluding carboxylic acids is 1. The third-order valence-corrected chi connectivity index (χ3v) is 7.20. The van der Waals surface area contributed by atoms with E-state index in [1.807, 2.05) is 0 Å². The summed E-state index contributed by atoms with van der Waals surface area (Å²) in [6.07, 6.45) is 5.56. The van der Waals surface area contributed by atoms with E-state index in [-0.39, 0.29) is 11.9 Å². The lowest BCUT2D eigenvalue weighted by Crippen LogP contribution is -2.38. The van der Waals surface area contributed by atoms with Crippen LogP contribution in [0, 0.1) is 0 Å². The third-order valence-electron chi connectivity index (χ3n) is 7.20. The lowest BCUT2D eigenvalue weighted by Gasteiger charge is -2.28. The minimum Gasteiger partial charge on any atom is -0.354 e. The maximum Gasteiger partial charge on any atom is 0.221 e. The van der Waals surface area contributed by atoms with Crippen molar-refractivity contribution in [1.29, 1.82) is 0 Å². The summed E-state index contributed by atoms with van der Waals surface area (Å²) in [5.41, 5.74) is 2.66. The molecule has 2 aliphatic rings. The van der Waals surface area contributed by atoms with Crippen molar-refractivity contribution in [2.45, 2.75) is 50.7 Å². The van der Waals surface area contributed by atoms with Crippen LogP contribution in [0.15, 0.2) is 72.8 Å². The van der Waals surface area contributed by atoms with Crippen molar-refractivity contribution in [2.24, 2.45) is 0 Å². The first kappa shape index (κ1) is 22.1. The summed E-state index contributed by atoms with van der Waals surface area (Å²) in [4.78, 5) is 17.9. The molecule has 172 valence electrons. The number of hydrogen-bond donors (Lipinski definition) is 1. The number of amides is 1. The molecule has 5 rings (SSSR count). The van der Waals surface area contributed by atoms with Crippen molar-refractivity contribution < 1.29 is 4.79 Å². The maximum absolute atomic E-state index is 12.8. The average Bonchev–Trinajstić information content (AvgIpc) is 3.57. The summed E-state index contributed by atoms with van der Waals surface area (Å²) in [5.74, 6) is 0.165. The van der Waals surface area contributed by atoms with Crippen molar-refractivity contribution in [2.75, 3.05) is 26.2 Å². The van der Waals surface area contributed by atoms with Crippen LogP contribution >= 0.6 is 0 Å². The number of nitrogens with one attached hydrogen (secondary N) is 1. The highest BCUT2D eigenvalue weighted by molar-refractivity contribution is 5.85. The van der Waals surface area contributed by atoms with Crippen LogP contribution < -0.4 is 5.32 Å². The topological polar surface area (TPSA) is 35.6 Å². The SMILES string of the molecule is O=C(CCN(Cc1cccc2ccccc12)C1CC1)NCC(c1ccccc1)N1CCCC1. The smallest absolute Gasteiger partial charge is 0.221 e. The molecule has 1 N–H and O–H groups in total. The molecule has 2 fully saturated rings. The van der Waals surface area contributed by atoms with Gasteiger partial charge in [-0.3, -0.25) is 14.6 Å². The van der Waals surface area contributed by atoms with Gasteiger partial charge in [-0.15, -0.1) is 0 Å². The van der Waals surface area contributed by atoms with Crippen LogP contribution in [0.5, 0.6) is 0 Å². The van der Waals surface area contributed by atoms with Gasteiger partial charge in [0.15, 0.2) is 0 Å². The molecule has 3 aromatic carbocycles. The first-order valence-corrected chi connectivity index (χ1v) is 12.5. The van der Waals surface area contributed by atoms with E-state index < -0.39 is 0 Å². The highest BCUT2D eigenvalue weighted by Crippen LogP contribution is 2.30. The van der Waals surface area contributed by atoms with Gasteiger partial charge in [0.05, 0.1) is 6.04 Å². The van der Waals surface area contributed by atoms with Gasteiger partial charge in [0.1, 0.15) is 0 Å². The zero-order valence-corrected chi connectivity index (χ0v) is 19.5. The van der Waals surface area contributed by atoms with Crippen LogP contribution in [0.1, 0.15) is 49.3 Å². The van der Waals surface area contributed by atoms with Gasteiger partial charge < -0.3 is 5.32 Å². The van der Waals surface area contributed by atoms with E-state index in [1.54, 1.807) is 0 Å². The molecule has 1 atom stereocenters. The first-order valence-electron chi connectivity index (χ1n) is 12.5. The number of carbonyl (C=O) groups is 1. The Balaban J connectivity index is 1.18. The normalized spacial score (nSPS) is 17.5. The number of benzene rings is 3. The maximum atomic E-state index is 12.8. The highest BCUT2D eigenvalue weighted by atomic mass is 16.1. The molecule has 0 aromatic heterocycles. The molecule has 1 amide bonds.